The number of hydrogen-bond acceptors (Lipinski definition) is 1. The Balaban J connectivity index is 1.68. The lowest BCUT2D eigenvalue weighted by Crippen LogP contribution is -2.31. The predicted octanol–water partition coefficient (Wildman–Crippen LogP) is 3.73. The summed E-state index contributed by atoms with van der Waals surface area (Å²) in [7, 11) is 0. The van der Waals surface area contributed by atoms with Gasteiger partial charge in [0.15, 0.2) is 0 Å². The molecule has 2 aromatic rings. The van der Waals surface area contributed by atoms with Crippen molar-refractivity contribution in [3.05, 3.63) is 70.8 Å². The summed E-state index contributed by atoms with van der Waals surface area (Å²) < 4.78 is 0. The third-order valence-corrected chi connectivity index (χ3v) is 4.27. The molecule has 2 nitrogen and oxygen atoms in total. The molecule has 1 N–H and O–H groups in total. The number of fused-ring (bicyclic) bond motifs is 1. The summed E-state index contributed by atoms with van der Waals surface area (Å²) in [5, 5.41) is 3.09. The Kier molecular flexibility index (Phi) is 4.05. The van der Waals surface area contributed by atoms with Gasteiger partial charge in [-0.05, 0) is 42.9 Å². The third kappa shape index (κ3) is 3.15. The molecule has 0 spiro atoms. The summed E-state index contributed by atoms with van der Waals surface area (Å²) in [4.78, 5) is 12.5. The Morgan fingerprint density at radius 2 is 1.90 bits per heavy atom. The fraction of sp³-hybridized carbons (Fsp3) is 0.316. The first kappa shape index (κ1) is 13.9. The standard InChI is InChI=1S/C19H21NO/c1-14-9-11-15(12-10-14)13-20-19(21)18-8-4-6-16-5-2-3-7-17(16)18/h2-3,5,7,9-12,18H,4,6,8,13H2,1H3,(H,20,21). The highest BCUT2D eigenvalue weighted by Gasteiger charge is 2.25. The Bertz CT molecular complexity index is 630. The summed E-state index contributed by atoms with van der Waals surface area (Å²) in [6.07, 6.45) is 3.15. The average molecular weight is 279 g/mol. The maximum atomic E-state index is 12.5. The van der Waals surface area contributed by atoms with Crippen LogP contribution in [0.2, 0.25) is 0 Å². The molecule has 1 unspecified atom stereocenters. The first-order valence-electron chi connectivity index (χ1n) is 7.65. The van der Waals surface area contributed by atoms with Crippen molar-refractivity contribution >= 4 is 5.91 Å². The highest BCUT2D eigenvalue weighted by molar-refractivity contribution is 5.84. The number of hydrogen-bond donors (Lipinski definition) is 1. The first-order valence-corrected chi connectivity index (χ1v) is 7.65. The van der Waals surface area contributed by atoms with Crippen LogP contribution in [0.5, 0.6) is 0 Å². The van der Waals surface area contributed by atoms with E-state index in [2.05, 4.69) is 54.7 Å². The molecule has 0 saturated carbocycles. The van der Waals surface area contributed by atoms with Gasteiger partial charge in [-0.15, -0.1) is 0 Å². The molecule has 1 aliphatic rings. The van der Waals surface area contributed by atoms with Crippen LogP contribution in [0.3, 0.4) is 0 Å². The van der Waals surface area contributed by atoms with Gasteiger partial charge < -0.3 is 5.32 Å². The van der Waals surface area contributed by atoms with E-state index in [-0.39, 0.29) is 11.8 Å². The zero-order chi connectivity index (χ0) is 14.7. The fourth-order valence-electron chi connectivity index (χ4n) is 3.04. The Morgan fingerprint density at radius 3 is 2.71 bits per heavy atom. The maximum Gasteiger partial charge on any atom is 0.227 e. The van der Waals surface area contributed by atoms with Crippen LogP contribution in [-0.4, -0.2) is 5.91 Å². The van der Waals surface area contributed by atoms with Crippen molar-refractivity contribution < 1.29 is 4.79 Å². The zero-order valence-electron chi connectivity index (χ0n) is 12.4. The fourth-order valence-corrected chi connectivity index (χ4v) is 3.04. The molecule has 1 amide bonds. The average Bonchev–Trinajstić information content (AvgIpc) is 2.53. The molecule has 3 rings (SSSR count). The van der Waals surface area contributed by atoms with Crippen molar-refractivity contribution in [1.82, 2.24) is 5.32 Å². The first-order chi connectivity index (χ1) is 10.2. The lowest BCUT2D eigenvalue weighted by molar-refractivity contribution is -0.123. The van der Waals surface area contributed by atoms with Gasteiger partial charge in [0.25, 0.3) is 0 Å². The number of amides is 1. The van der Waals surface area contributed by atoms with Gasteiger partial charge in [-0.3, -0.25) is 4.79 Å². The molecule has 108 valence electrons. The number of benzene rings is 2. The van der Waals surface area contributed by atoms with Gasteiger partial charge in [0.05, 0.1) is 5.92 Å². The van der Waals surface area contributed by atoms with Crippen molar-refractivity contribution in [2.75, 3.05) is 0 Å². The second-order valence-electron chi connectivity index (χ2n) is 5.85. The molecule has 0 heterocycles. The quantitative estimate of drug-likeness (QED) is 0.911. The number of carbonyl (C=O) groups excluding carboxylic acids is 1. The molecule has 0 fully saturated rings. The molecule has 0 aromatic heterocycles. The number of carbonyl (C=O) groups is 1. The largest absolute Gasteiger partial charge is 0.351 e. The summed E-state index contributed by atoms with van der Waals surface area (Å²) in [5.41, 5.74) is 4.94. The molecular formula is C19H21NO. The maximum absolute atomic E-state index is 12.5. The van der Waals surface area contributed by atoms with Crippen LogP contribution in [-0.2, 0) is 17.8 Å². The minimum absolute atomic E-state index is 0.0143. The normalized spacial score (nSPS) is 17.1. The van der Waals surface area contributed by atoms with Crippen molar-refractivity contribution in [2.24, 2.45) is 0 Å². The van der Waals surface area contributed by atoms with Gasteiger partial charge in [-0.25, -0.2) is 0 Å². The van der Waals surface area contributed by atoms with Gasteiger partial charge in [-0.2, -0.15) is 0 Å². The van der Waals surface area contributed by atoms with E-state index in [1.54, 1.807) is 0 Å². The minimum atomic E-state index is 0.0143. The van der Waals surface area contributed by atoms with Crippen LogP contribution in [0.25, 0.3) is 0 Å². The lowest BCUT2D eigenvalue weighted by atomic mass is 9.82. The Labute approximate surface area is 126 Å². The molecule has 0 radical (unpaired) electrons. The van der Waals surface area contributed by atoms with Crippen molar-refractivity contribution in [3.63, 3.8) is 0 Å². The molecule has 1 aliphatic carbocycles. The van der Waals surface area contributed by atoms with Crippen LogP contribution in [0.4, 0.5) is 0 Å². The molecular weight excluding hydrogens is 258 g/mol. The minimum Gasteiger partial charge on any atom is -0.351 e. The molecule has 0 saturated heterocycles. The van der Waals surface area contributed by atoms with E-state index in [0.29, 0.717) is 6.54 Å². The second kappa shape index (κ2) is 6.13. The van der Waals surface area contributed by atoms with E-state index in [1.807, 2.05) is 6.07 Å². The number of rotatable bonds is 3. The van der Waals surface area contributed by atoms with Gasteiger partial charge in [0.2, 0.25) is 5.91 Å². The van der Waals surface area contributed by atoms with Gasteiger partial charge in [-0.1, -0.05) is 54.1 Å². The van der Waals surface area contributed by atoms with Crippen LogP contribution < -0.4 is 5.32 Å². The summed E-state index contributed by atoms with van der Waals surface area (Å²) >= 11 is 0. The van der Waals surface area contributed by atoms with E-state index in [1.165, 1.54) is 16.7 Å². The molecule has 0 aliphatic heterocycles. The van der Waals surface area contributed by atoms with Gasteiger partial charge in [0.1, 0.15) is 0 Å². The highest BCUT2D eigenvalue weighted by Crippen LogP contribution is 2.31. The molecule has 21 heavy (non-hydrogen) atoms. The summed E-state index contributed by atoms with van der Waals surface area (Å²) in [5.74, 6) is 0.170. The molecule has 1 atom stereocenters. The van der Waals surface area contributed by atoms with Crippen LogP contribution >= 0.6 is 0 Å². The van der Waals surface area contributed by atoms with E-state index >= 15 is 0 Å². The topological polar surface area (TPSA) is 29.1 Å². The van der Waals surface area contributed by atoms with Gasteiger partial charge in [0, 0.05) is 6.54 Å². The van der Waals surface area contributed by atoms with E-state index in [0.717, 1.165) is 24.8 Å². The number of aryl methyl sites for hydroxylation is 2. The Hall–Kier alpha value is -2.09. The van der Waals surface area contributed by atoms with E-state index in [4.69, 9.17) is 0 Å². The predicted molar refractivity (Wildman–Crippen MR) is 85.1 cm³/mol. The lowest BCUT2D eigenvalue weighted by Gasteiger charge is -2.24. The Morgan fingerprint density at radius 1 is 1.14 bits per heavy atom. The molecule has 0 bridgehead atoms. The van der Waals surface area contributed by atoms with Gasteiger partial charge >= 0.3 is 0 Å². The van der Waals surface area contributed by atoms with Crippen LogP contribution in [0.15, 0.2) is 48.5 Å². The smallest absolute Gasteiger partial charge is 0.227 e. The van der Waals surface area contributed by atoms with E-state index in [9.17, 15) is 4.79 Å². The monoisotopic (exact) mass is 279 g/mol. The summed E-state index contributed by atoms with van der Waals surface area (Å²) in [6, 6.07) is 16.7. The highest BCUT2D eigenvalue weighted by atomic mass is 16.1. The molecule has 2 heteroatoms. The van der Waals surface area contributed by atoms with Crippen LogP contribution in [0, 0.1) is 6.92 Å². The van der Waals surface area contributed by atoms with E-state index < -0.39 is 0 Å². The van der Waals surface area contributed by atoms with Crippen molar-refractivity contribution in [2.45, 2.75) is 38.6 Å². The number of nitrogens with one attached hydrogen (secondary N) is 1. The molecule has 2 aromatic carbocycles. The zero-order valence-corrected chi connectivity index (χ0v) is 12.4. The van der Waals surface area contributed by atoms with Crippen molar-refractivity contribution in [3.8, 4) is 0 Å². The van der Waals surface area contributed by atoms with Crippen molar-refractivity contribution in [1.29, 1.82) is 0 Å². The van der Waals surface area contributed by atoms with Crippen LogP contribution in [0.1, 0.15) is 41.0 Å². The summed E-state index contributed by atoms with van der Waals surface area (Å²) in [6.45, 7) is 2.68. The third-order valence-electron chi connectivity index (χ3n) is 4.27. The second-order valence-corrected chi connectivity index (χ2v) is 5.85. The SMILES string of the molecule is Cc1ccc(CNC(=O)C2CCCc3ccccc32)cc1.